The van der Waals surface area contributed by atoms with E-state index < -0.39 is 0 Å². The van der Waals surface area contributed by atoms with Gasteiger partial charge in [-0.3, -0.25) is 0 Å². The Kier molecular flexibility index (Phi) is 5.60. The fraction of sp³-hybridized carbons (Fsp3) is 0.600. The average molecular weight is 269 g/mol. The van der Waals surface area contributed by atoms with E-state index in [2.05, 4.69) is 12.2 Å². The van der Waals surface area contributed by atoms with E-state index in [0.29, 0.717) is 17.1 Å². The number of benzene rings is 1. The molecular weight excluding hydrogens is 245 g/mol. The predicted octanol–water partition coefficient (Wildman–Crippen LogP) is 3.12. The van der Waals surface area contributed by atoms with Gasteiger partial charge in [0, 0.05) is 6.07 Å². The fourth-order valence-electron chi connectivity index (χ4n) is 2.09. The molecule has 0 aliphatic carbocycles. The predicted molar refractivity (Wildman–Crippen MR) is 75.7 cm³/mol. The van der Waals surface area contributed by atoms with Crippen LogP contribution in [0, 0.1) is 5.82 Å². The Morgan fingerprint density at radius 1 is 1.16 bits per heavy atom. The summed E-state index contributed by atoms with van der Waals surface area (Å²) in [6.45, 7) is 7.91. The van der Waals surface area contributed by atoms with Crippen molar-refractivity contribution >= 4 is 0 Å². The first-order valence-electron chi connectivity index (χ1n) is 6.59. The maximum absolute atomic E-state index is 14.2. The lowest BCUT2D eigenvalue weighted by atomic mass is 9.81. The highest BCUT2D eigenvalue weighted by molar-refractivity contribution is 5.45. The van der Waals surface area contributed by atoms with Crippen molar-refractivity contribution < 1.29 is 13.9 Å². The number of nitrogens with one attached hydrogen (secondary N) is 1. The van der Waals surface area contributed by atoms with Crippen molar-refractivity contribution in [2.75, 3.05) is 27.3 Å². The van der Waals surface area contributed by atoms with Gasteiger partial charge >= 0.3 is 0 Å². The van der Waals surface area contributed by atoms with E-state index in [0.717, 1.165) is 19.5 Å². The summed E-state index contributed by atoms with van der Waals surface area (Å²) in [5, 5.41) is 3.27. The van der Waals surface area contributed by atoms with Crippen LogP contribution in [-0.4, -0.2) is 27.3 Å². The van der Waals surface area contributed by atoms with E-state index in [1.165, 1.54) is 13.2 Å². The molecule has 0 saturated carbocycles. The first kappa shape index (κ1) is 15.8. The van der Waals surface area contributed by atoms with Crippen LogP contribution in [0.1, 0.15) is 32.8 Å². The second-order valence-electron chi connectivity index (χ2n) is 5.17. The van der Waals surface area contributed by atoms with Crippen LogP contribution in [0.2, 0.25) is 0 Å². The number of rotatable bonds is 7. The molecule has 0 aliphatic heterocycles. The van der Waals surface area contributed by atoms with Gasteiger partial charge in [0.2, 0.25) is 0 Å². The Labute approximate surface area is 115 Å². The topological polar surface area (TPSA) is 30.5 Å². The van der Waals surface area contributed by atoms with E-state index >= 15 is 0 Å². The van der Waals surface area contributed by atoms with Crippen LogP contribution in [-0.2, 0) is 5.41 Å². The molecule has 19 heavy (non-hydrogen) atoms. The third-order valence-electron chi connectivity index (χ3n) is 3.38. The first-order chi connectivity index (χ1) is 8.96. The highest BCUT2D eigenvalue weighted by atomic mass is 19.1. The SMILES string of the molecule is CCNCCC(C)(C)c1cc(OC)c(OC)cc1F. The first-order valence-corrected chi connectivity index (χ1v) is 6.59. The van der Waals surface area contributed by atoms with E-state index in [-0.39, 0.29) is 11.2 Å². The van der Waals surface area contributed by atoms with E-state index in [4.69, 9.17) is 9.47 Å². The van der Waals surface area contributed by atoms with Crippen molar-refractivity contribution in [1.82, 2.24) is 5.32 Å². The maximum Gasteiger partial charge on any atom is 0.163 e. The van der Waals surface area contributed by atoms with E-state index in [1.54, 1.807) is 13.2 Å². The van der Waals surface area contributed by atoms with Gasteiger partial charge in [-0.1, -0.05) is 20.8 Å². The molecule has 0 unspecified atom stereocenters. The number of hydrogen-bond acceptors (Lipinski definition) is 3. The molecule has 0 bridgehead atoms. The van der Waals surface area contributed by atoms with Crippen LogP contribution in [0.5, 0.6) is 11.5 Å². The Morgan fingerprint density at radius 3 is 2.26 bits per heavy atom. The molecule has 4 heteroatoms. The number of ether oxygens (including phenoxy) is 2. The zero-order valence-electron chi connectivity index (χ0n) is 12.5. The lowest BCUT2D eigenvalue weighted by Gasteiger charge is -2.27. The monoisotopic (exact) mass is 269 g/mol. The van der Waals surface area contributed by atoms with Crippen molar-refractivity contribution in [3.63, 3.8) is 0 Å². The van der Waals surface area contributed by atoms with Gasteiger partial charge in [-0.2, -0.15) is 0 Å². The fourth-order valence-corrected chi connectivity index (χ4v) is 2.09. The smallest absolute Gasteiger partial charge is 0.163 e. The van der Waals surface area contributed by atoms with Crippen LogP contribution in [0.25, 0.3) is 0 Å². The van der Waals surface area contributed by atoms with Crippen molar-refractivity contribution in [3.05, 3.63) is 23.5 Å². The van der Waals surface area contributed by atoms with Crippen LogP contribution in [0.4, 0.5) is 4.39 Å². The molecule has 1 aromatic carbocycles. The summed E-state index contributed by atoms with van der Waals surface area (Å²) in [6, 6.07) is 3.13. The molecule has 0 amide bonds. The molecule has 0 saturated heterocycles. The van der Waals surface area contributed by atoms with Crippen LogP contribution >= 0.6 is 0 Å². The zero-order valence-corrected chi connectivity index (χ0v) is 12.5. The molecule has 0 aliphatic rings. The van der Waals surface area contributed by atoms with Gasteiger partial charge in [-0.25, -0.2) is 4.39 Å². The Hall–Kier alpha value is -1.29. The standard InChI is InChI=1S/C15H24FNO2/c1-6-17-8-7-15(2,3)11-9-13(18-4)14(19-5)10-12(11)16/h9-10,17H,6-8H2,1-5H3. The third kappa shape index (κ3) is 3.83. The largest absolute Gasteiger partial charge is 0.493 e. The number of methoxy groups -OCH3 is 2. The van der Waals surface area contributed by atoms with Gasteiger partial charge in [-0.15, -0.1) is 0 Å². The molecule has 0 fully saturated rings. The van der Waals surface area contributed by atoms with Crippen LogP contribution < -0.4 is 14.8 Å². The lowest BCUT2D eigenvalue weighted by Crippen LogP contribution is -2.26. The highest BCUT2D eigenvalue weighted by Crippen LogP contribution is 2.36. The molecule has 0 heterocycles. The van der Waals surface area contributed by atoms with Gasteiger partial charge < -0.3 is 14.8 Å². The highest BCUT2D eigenvalue weighted by Gasteiger charge is 2.25. The minimum absolute atomic E-state index is 0.251. The molecule has 0 radical (unpaired) electrons. The summed E-state index contributed by atoms with van der Waals surface area (Å²) in [5.74, 6) is 0.737. The molecule has 108 valence electrons. The summed E-state index contributed by atoms with van der Waals surface area (Å²) in [5.41, 5.74) is 0.397. The molecule has 1 rings (SSSR count). The summed E-state index contributed by atoms with van der Waals surface area (Å²) in [6.07, 6.45) is 0.854. The van der Waals surface area contributed by atoms with Crippen molar-refractivity contribution in [3.8, 4) is 11.5 Å². The van der Waals surface area contributed by atoms with Gasteiger partial charge in [0.1, 0.15) is 5.82 Å². The Morgan fingerprint density at radius 2 is 1.74 bits per heavy atom. The minimum Gasteiger partial charge on any atom is -0.493 e. The third-order valence-corrected chi connectivity index (χ3v) is 3.38. The molecule has 1 N–H and O–H groups in total. The maximum atomic E-state index is 14.2. The van der Waals surface area contributed by atoms with Gasteiger partial charge in [0.15, 0.2) is 11.5 Å². The van der Waals surface area contributed by atoms with Crippen molar-refractivity contribution in [1.29, 1.82) is 0 Å². The molecule has 0 atom stereocenters. The summed E-state index contributed by atoms with van der Waals surface area (Å²) in [4.78, 5) is 0. The van der Waals surface area contributed by atoms with E-state index in [9.17, 15) is 4.39 Å². The van der Waals surface area contributed by atoms with Gasteiger partial charge in [0.25, 0.3) is 0 Å². The molecule has 0 spiro atoms. The van der Waals surface area contributed by atoms with Crippen molar-refractivity contribution in [2.24, 2.45) is 0 Å². The normalized spacial score (nSPS) is 11.5. The van der Waals surface area contributed by atoms with Gasteiger partial charge in [-0.05, 0) is 36.6 Å². The Balaban J connectivity index is 3.04. The molecule has 3 nitrogen and oxygen atoms in total. The molecule has 1 aromatic rings. The minimum atomic E-state index is -0.258. The second kappa shape index (κ2) is 6.75. The number of halogens is 1. The summed E-state index contributed by atoms with van der Waals surface area (Å²) >= 11 is 0. The second-order valence-corrected chi connectivity index (χ2v) is 5.17. The lowest BCUT2D eigenvalue weighted by molar-refractivity contribution is 0.347. The average Bonchev–Trinajstić information content (AvgIpc) is 2.38. The summed E-state index contributed by atoms with van der Waals surface area (Å²) < 4.78 is 24.6. The van der Waals surface area contributed by atoms with Crippen molar-refractivity contribution in [2.45, 2.75) is 32.6 Å². The van der Waals surface area contributed by atoms with Crippen LogP contribution in [0.15, 0.2) is 12.1 Å². The quantitative estimate of drug-likeness (QED) is 0.771. The van der Waals surface area contributed by atoms with Gasteiger partial charge in [0.05, 0.1) is 14.2 Å². The number of hydrogen-bond donors (Lipinski definition) is 1. The van der Waals surface area contributed by atoms with Crippen LogP contribution in [0.3, 0.4) is 0 Å². The molecular formula is C15H24FNO2. The Bertz CT molecular complexity index is 419. The summed E-state index contributed by atoms with van der Waals surface area (Å²) in [7, 11) is 3.07. The van der Waals surface area contributed by atoms with E-state index in [1.807, 2.05) is 13.8 Å². The zero-order chi connectivity index (χ0) is 14.5. The molecule has 0 aromatic heterocycles.